The van der Waals surface area contributed by atoms with Gasteiger partial charge in [0.05, 0.1) is 6.04 Å². The molecule has 2 N–H and O–H groups in total. The number of aryl methyl sites for hydroxylation is 1. The highest BCUT2D eigenvalue weighted by molar-refractivity contribution is 6.31. The summed E-state index contributed by atoms with van der Waals surface area (Å²) in [5.74, 6) is 0.147. The van der Waals surface area contributed by atoms with E-state index >= 15 is 0 Å². The first-order valence-electron chi connectivity index (χ1n) is 5.78. The first kappa shape index (κ1) is 12.4. The van der Waals surface area contributed by atoms with Gasteiger partial charge in [0.15, 0.2) is 0 Å². The van der Waals surface area contributed by atoms with Gasteiger partial charge in [-0.2, -0.15) is 0 Å². The average Bonchev–Trinajstić information content (AvgIpc) is 2.29. The zero-order valence-corrected chi connectivity index (χ0v) is 10.9. The number of benzene rings is 1. The third-order valence-electron chi connectivity index (χ3n) is 3.45. The molecule has 1 aliphatic rings. The Labute approximate surface area is 107 Å². The van der Waals surface area contributed by atoms with Crippen LogP contribution in [0, 0.1) is 6.92 Å². The highest BCUT2D eigenvalue weighted by Crippen LogP contribution is 2.31. The summed E-state index contributed by atoms with van der Waals surface area (Å²) < 4.78 is 0. The van der Waals surface area contributed by atoms with Crippen molar-refractivity contribution in [3.05, 3.63) is 34.3 Å². The predicted molar refractivity (Wildman–Crippen MR) is 68.9 cm³/mol. The zero-order chi connectivity index (χ0) is 12.6. The van der Waals surface area contributed by atoms with Crippen molar-refractivity contribution in [1.82, 2.24) is 4.90 Å². The molecular weight excluding hydrogens is 236 g/mol. The van der Waals surface area contributed by atoms with Gasteiger partial charge < -0.3 is 10.6 Å². The Morgan fingerprint density at radius 1 is 1.47 bits per heavy atom. The van der Waals surface area contributed by atoms with Gasteiger partial charge in [0, 0.05) is 24.5 Å². The summed E-state index contributed by atoms with van der Waals surface area (Å²) in [5, 5.41) is 0.723. The molecule has 1 amide bonds. The molecule has 1 aromatic carbocycles. The molecule has 2 unspecified atom stereocenters. The number of nitrogens with two attached hydrogens (primary N) is 1. The van der Waals surface area contributed by atoms with E-state index in [2.05, 4.69) is 0 Å². The number of halogens is 1. The quantitative estimate of drug-likeness (QED) is 0.834. The fourth-order valence-electron chi connectivity index (χ4n) is 2.33. The van der Waals surface area contributed by atoms with Crippen LogP contribution in [0.3, 0.4) is 0 Å². The van der Waals surface area contributed by atoms with Gasteiger partial charge in [-0.1, -0.05) is 23.7 Å². The smallest absolute Gasteiger partial charge is 0.222 e. The molecule has 2 atom stereocenters. The minimum Gasteiger partial charge on any atom is -0.337 e. The van der Waals surface area contributed by atoms with E-state index in [4.69, 9.17) is 17.3 Å². The Morgan fingerprint density at radius 2 is 2.18 bits per heavy atom. The summed E-state index contributed by atoms with van der Waals surface area (Å²) in [5.41, 5.74) is 8.17. The maximum Gasteiger partial charge on any atom is 0.222 e. The highest BCUT2D eigenvalue weighted by Gasteiger charge is 2.32. The van der Waals surface area contributed by atoms with Crippen molar-refractivity contribution in [3.63, 3.8) is 0 Å². The first-order valence-corrected chi connectivity index (χ1v) is 6.16. The normalized spacial score (nSPS) is 25.2. The lowest BCUT2D eigenvalue weighted by molar-refractivity contribution is -0.135. The number of carbonyl (C=O) groups is 1. The molecule has 92 valence electrons. The number of hydrogen-bond acceptors (Lipinski definition) is 2. The second-order valence-corrected chi connectivity index (χ2v) is 5.07. The first-order chi connectivity index (χ1) is 8.00. The number of nitrogens with zero attached hydrogens (tertiary/aromatic N) is 1. The second kappa shape index (κ2) is 4.67. The second-order valence-electron chi connectivity index (χ2n) is 4.66. The van der Waals surface area contributed by atoms with Crippen LogP contribution < -0.4 is 5.73 Å². The molecule has 0 aromatic heterocycles. The van der Waals surface area contributed by atoms with E-state index in [0.29, 0.717) is 6.42 Å². The van der Waals surface area contributed by atoms with Crippen LogP contribution in [0.25, 0.3) is 0 Å². The van der Waals surface area contributed by atoms with Crippen molar-refractivity contribution in [2.24, 2.45) is 5.73 Å². The summed E-state index contributed by atoms with van der Waals surface area (Å²) in [6, 6.07) is 5.81. The Balaban J connectivity index is 2.36. The highest BCUT2D eigenvalue weighted by atomic mass is 35.5. The molecule has 1 fully saturated rings. The van der Waals surface area contributed by atoms with Gasteiger partial charge in [-0.15, -0.1) is 0 Å². The number of likely N-dealkylation sites (N-methyl/N-ethyl adjacent to an activating group) is 1. The van der Waals surface area contributed by atoms with Gasteiger partial charge in [0.25, 0.3) is 0 Å². The number of carbonyl (C=O) groups excluding carboxylic acids is 1. The van der Waals surface area contributed by atoms with Gasteiger partial charge in [-0.3, -0.25) is 4.79 Å². The topological polar surface area (TPSA) is 46.3 Å². The van der Waals surface area contributed by atoms with E-state index in [1.807, 2.05) is 25.1 Å². The summed E-state index contributed by atoms with van der Waals surface area (Å²) in [4.78, 5) is 13.4. The largest absolute Gasteiger partial charge is 0.337 e. The molecule has 1 saturated heterocycles. The molecule has 2 rings (SSSR count). The number of hydrogen-bond donors (Lipinski definition) is 1. The molecule has 0 radical (unpaired) electrons. The molecular formula is C13H17ClN2O. The molecule has 0 bridgehead atoms. The van der Waals surface area contributed by atoms with E-state index in [-0.39, 0.29) is 18.0 Å². The van der Waals surface area contributed by atoms with Gasteiger partial charge in [0.2, 0.25) is 5.91 Å². The van der Waals surface area contributed by atoms with Crippen LogP contribution in [0.5, 0.6) is 0 Å². The number of likely N-dealkylation sites (tertiary alicyclic amines) is 1. The van der Waals surface area contributed by atoms with Gasteiger partial charge >= 0.3 is 0 Å². The van der Waals surface area contributed by atoms with Crippen LogP contribution in [0.4, 0.5) is 0 Å². The maximum absolute atomic E-state index is 11.7. The van der Waals surface area contributed by atoms with E-state index in [1.54, 1.807) is 11.9 Å². The Morgan fingerprint density at radius 3 is 2.82 bits per heavy atom. The third-order valence-corrected chi connectivity index (χ3v) is 3.85. The molecule has 0 aliphatic carbocycles. The average molecular weight is 253 g/mol. The molecule has 1 heterocycles. The van der Waals surface area contributed by atoms with Crippen molar-refractivity contribution in [2.45, 2.75) is 31.8 Å². The predicted octanol–water partition coefficient (Wildman–Crippen LogP) is 2.27. The summed E-state index contributed by atoms with van der Waals surface area (Å²) in [6.45, 7) is 1.96. The van der Waals surface area contributed by atoms with Gasteiger partial charge in [0.1, 0.15) is 0 Å². The van der Waals surface area contributed by atoms with Crippen molar-refractivity contribution in [1.29, 1.82) is 0 Å². The molecule has 17 heavy (non-hydrogen) atoms. The lowest BCUT2D eigenvalue weighted by atomic mass is 9.91. The molecule has 1 aliphatic heterocycles. The lowest BCUT2D eigenvalue weighted by Crippen LogP contribution is -2.46. The number of rotatable bonds is 1. The standard InChI is InChI=1S/C13H17ClN2O/c1-8-3-4-9(7-10(8)14)13-11(15)5-6-12(17)16(13)2/h3-4,7,11,13H,5-6,15H2,1-2H3. The minimum atomic E-state index is -0.0608. The van der Waals surface area contributed by atoms with Crippen molar-refractivity contribution < 1.29 is 4.79 Å². The zero-order valence-electron chi connectivity index (χ0n) is 10.1. The van der Waals surface area contributed by atoms with Gasteiger partial charge in [-0.05, 0) is 30.5 Å². The summed E-state index contributed by atoms with van der Waals surface area (Å²) in [7, 11) is 1.81. The maximum atomic E-state index is 11.7. The van der Waals surface area contributed by atoms with Crippen LogP contribution in [0.1, 0.15) is 30.0 Å². The molecule has 0 spiro atoms. The van der Waals surface area contributed by atoms with Crippen molar-refractivity contribution >= 4 is 17.5 Å². The van der Waals surface area contributed by atoms with Crippen LogP contribution in [-0.4, -0.2) is 23.9 Å². The van der Waals surface area contributed by atoms with E-state index < -0.39 is 0 Å². The van der Waals surface area contributed by atoms with E-state index in [1.165, 1.54) is 0 Å². The Hall–Kier alpha value is -1.06. The van der Waals surface area contributed by atoms with E-state index in [0.717, 1.165) is 22.6 Å². The van der Waals surface area contributed by atoms with Gasteiger partial charge in [-0.25, -0.2) is 0 Å². The Bertz CT molecular complexity index is 447. The molecule has 0 saturated carbocycles. The van der Waals surface area contributed by atoms with E-state index in [9.17, 15) is 4.79 Å². The van der Waals surface area contributed by atoms with Crippen LogP contribution in [0.2, 0.25) is 5.02 Å². The van der Waals surface area contributed by atoms with Crippen molar-refractivity contribution in [3.8, 4) is 0 Å². The molecule has 4 heteroatoms. The van der Waals surface area contributed by atoms with Crippen molar-refractivity contribution in [2.75, 3.05) is 7.05 Å². The SMILES string of the molecule is Cc1ccc(C2C(N)CCC(=O)N2C)cc1Cl. The summed E-state index contributed by atoms with van der Waals surface area (Å²) in [6.07, 6.45) is 1.27. The van der Waals surface area contributed by atoms with Crippen LogP contribution in [-0.2, 0) is 4.79 Å². The fourth-order valence-corrected chi connectivity index (χ4v) is 2.52. The fraction of sp³-hybridized carbons (Fsp3) is 0.462. The minimum absolute atomic E-state index is 0.0172. The monoisotopic (exact) mass is 252 g/mol. The molecule has 3 nitrogen and oxygen atoms in total. The molecule has 1 aromatic rings. The lowest BCUT2D eigenvalue weighted by Gasteiger charge is -2.37. The number of piperidine rings is 1. The summed E-state index contributed by atoms with van der Waals surface area (Å²) >= 11 is 6.12. The Kier molecular flexibility index (Phi) is 3.40. The number of amides is 1. The third kappa shape index (κ3) is 2.31. The van der Waals surface area contributed by atoms with Crippen LogP contribution >= 0.6 is 11.6 Å². The van der Waals surface area contributed by atoms with Crippen LogP contribution in [0.15, 0.2) is 18.2 Å².